The van der Waals surface area contributed by atoms with Crippen LogP contribution in [0.5, 0.6) is 0 Å². The fraction of sp³-hybridized carbons (Fsp3) is 0. The molecule has 3 aromatic rings. The van der Waals surface area contributed by atoms with E-state index in [1.54, 1.807) is 0 Å². The summed E-state index contributed by atoms with van der Waals surface area (Å²) in [6, 6.07) is 8.31. The second-order valence-corrected chi connectivity index (χ2v) is 4.74. The van der Waals surface area contributed by atoms with Gasteiger partial charge in [-0.05, 0) is 36.4 Å². The van der Waals surface area contributed by atoms with Gasteiger partial charge in [-0.3, -0.25) is 5.10 Å². The van der Waals surface area contributed by atoms with Crippen LogP contribution in [0.4, 0.5) is 13.2 Å². The van der Waals surface area contributed by atoms with Crippen molar-refractivity contribution in [2.24, 2.45) is 0 Å². The number of halogens is 3. The first-order valence-corrected chi connectivity index (χ1v) is 6.51. The molecule has 0 spiro atoms. The molecule has 0 aliphatic carbocycles. The first-order valence-electron chi connectivity index (χ1n) is 6.51. The van der Waals surface area contributed by atoms with E-state index in [-0.39, 0.29) is 17.0 Å². The molecule has 0 bridgehead atoms. The molecule has 1 aromatic heterocycles. The number of carbonyl (C=O) groups is 1. The molecule has 3 rings (SSSR count). The molecule has 0 amide bonds. The maximum Gasteiger partial charge on any atom is 0.336 e. The lowest BCUT2D eigenvalue weighted by molar-refractivity contribution is 0.0697. The Bertz CT molecular complexity index is 889. The number of H-pyrrole nitrogens is 1. The van der Waals surface area contributed by atoms with Crippen molar-refractivity contribution in [2.75, 3.05) is 0 Å². The number of carboxylic acid groups (broad SMARTS) is 1. The number of carboxylic acids is 1. The van der Waals surface area contributed by atoms with Gasteiger partial charge in [0.2, 0.25) is 0 Å². The van der Waals surface area contributed by atoms with Crippen LogP contribution in [0.2, 0.25) is 0 Å². The fourth-order valence-electron chi connectivity index (χ4n) is 2.25. The Kier molecular flexibility index (Phi) is 3.61. The number of rotatable bonds is 3. The minimum Gasteiger partial charge on any atom is -0.478 e. The molecule has 23 heavy (non-hydrogen) atoms. The molecule has 0 aliphatic rings. The van der Waals surface area contributed by atoms with E-state index in [1.807, 2.05) is 0 Å². The molecule has 0 radical (unpaired) electrons. The summed E-state index contributed by atoms with van der Waals surface area (Å²) in [5.74, 6) is -3.69. The van der Waals surface area contributed by atoms with Crippen LogP contribution in [-0.2, 0) is 0 Å². The van der Waals surface area contributed by atoms with Crippen LogP contribution in [0.1, 0.15) is 10.4 Å². The van der Waals surface area contributed by atoms with Gasteiger partial charge >= 0.3 is 5.97 Å². The van der Waals surface area contributed by atoms with E-state index < -0.39 is 34.5 Å². The minimum absolute atomic E-state index is 0.153. The summed E-state index contributed by atoms with van der Waals surface area (Å²) in [5, 5.41) is 15.2. The Morgan fingerprint density at radius 1 is 1.04 bits per heavy atom. The molecule has 0 saturated carbocycles. The van der Waals surface area contributed by atoms with Gasteiger partial charge in [-0.25, -0.2) is 18.0 Å². The van der Waals surface area contributed by atoms with Crippen molar-refractivity contribution in [3.63, 3.8) is 0 Å². The number of benzene rings is 2. The van der Waals surface area contributed by atoms with E-state index in [2.05, 4.69) is 10.2 Å². The zero-order chi connectivity index (χ0) is 16.6. The van der Waals surface area contributed by atoms with Gasteiger partial charge in [0.1, 0.15) is 23.0 Å². The van der Waals surface area contributed by atoms with Crippen LogP contribution >= 0.6 is 0 Å². The van der Waals surface area contributed by atoms with Crippen molar-refractivity contribution in [1.82, 2.24) is 10.2 Å². The van der Waals surface area contributed by atoms with E-state index in [0.29, 0.717) is 0 Å². The monoisotopic (exact) mass is 318 g/mol. The predicted octanol–water partition coefficient (Wildman–Crippen LogP) is 3.86. The summed E-state index contributed by atoms with van der Waals surface area (Å²) < 4.78 is 41.5. The largest absolute Gasteiger partial charge is 0.478 e. The van der Waals surface area contributed by atoms with Gasteiger partial charge in [-0.15, -0.1) is 0 Å². The van der Waals surface area contributed by atoms with Crippen LogP contribution in [0, 0.1) is 17.5 Å². The number of hydrogen-bond acceptors (Lipinski definition) is 2. The van der Waals surface area contributed by atoms with E-state index in [1.165, 1.54) is 24.3 Å². The standard InChI is InChI=1S/C16H9F3N2O2/c17-9-6-4-8(5-7-9)14-13(19)15(21-20-14)12-10(16(22)23)2-1-3-11(12)18/h1-7H,(H,20,21)(H,22,23). The molecule has 116 valence electrons. The summed E-state index contributed by atoms with van der Waals surface area (Å²) in [7, 11) is 0. The molecule has 4 nitrogen and oxygen atoms in total. The summed E-state index contributed by atoms with van der Waals surface area (Å²) in [6.07, 6.45) is 0. The Hall–Kier alpha value is -3.09. The van der Waals surface area contributed by atoms with Crippen molar-refractivity contribution in [2.45, 2.75) is 0 Å². The second kappa shape index (κ2) is 5.60. The Morgan fingerprint density at radius 3 is 2.39 bits per heavy atom. The molecule has 0 fully saturated rings. The molecule has 2 aromatic carbocycles. The van der Waals surface area contributed by atoms with E-state index in [9.17, 15) is 18.0 Å². The predicted molar refractivity (Wildman–Crippen MR) is 76.3 cm³/mol. The lowest BCUT2D eigenvalue weighted by Gasteiger charge is -2.05. The number of nitrogens with zero attached hydrogens (tertiary/aromatic N) is 1. The average molecular weight is 318 g/mol. The topological polar surface area (TPSA) is 66.0 Å². The third kappa shape index (κ3) is 2.57. The molecule has 2 N–H and O–H groups in total. The lowest BCUT2D eigenvalue weighted by Crippen LogP contribution is -2.02. The first-order chi connectivity index (χ1) is 11.0. The van der Waals surface area contributed by atoms with E-state index >= 15 is 0 Å². The normalized spacial score (nSPS) is 10.7. The molecular weight excluding hydrogens is 309 g/mol. The quantitative estimate of drug-likeness (QED) is 0.770. The van der Waals surface area contributed by atoms with Crippen molar-refractivity contribution in [3.05, 3.63) is 65.5 Å². The fourth-order valence-corrected chi connectivity index (χ4v) is 2.25. The summed E-state index contributed by atoms with van der Waals surface area (Å²) >= 11 is 0. The van der Waals surface area contributed by atoms with Crippen molar-refractivity contribution >= 4 is 5.97 Å². The minimum atomic E-state index is -1.39. The number of nitrogens with one attached hydrogen (secondary N) is 1. The summed E-state index contributed by atoms with van der Waals surface area (Å²) in [4.78, 5) is 11.2. The van der Waals surface area contributed by atoms with Gasteiger partial charge in [0.15, 0.2) is 5.82 Å². The Morgan fingerprint density at radius 2 is 1.74 bits per heavy atom. The molecule has 0 aliphatic heterocycles. The molecule has 7 heteroatoms. The summed E-state index contributed by atoms with van der Waals surface area (Å²) in [5.41, 5.74) is -1.06. The van der Waals surface area contributed by atoms with Gasteiger partial charge in [0.25, 0.3) is 0 Å². The molecule has 0 saturated heterocycles. The van der Waals surface area contributed by atoms with Crippen molar-refractivity contribution < 1.29 is 23.1 Å². The Balaban J connectivity index is 2.17. The van der Waals surface area contributed by atoms with Gasteiger partial charge in [0, 0.05) is 5.56 Å². The summed E-state index contributed by atoms with van der Waals surface area (Å²) in [6.45, 7) is 0. The first kappa shape index (κ1) is 14.8. The average Bonchev–Trinajstić information content (AvgIpc) is 2.89. The number of aromatic nitrogens is 2. The Labute approximate surface area is 128 Å². The maximum atomic E-state index is 14.6. The van der Waals surface area contributed by atoms with E-state index in [4.69, 9.17) is 5.11 Å². The number of hydrogen-bond donors (Lipinski definition) is 2. The zero-order valence-corrected chi connectivity index (χ0v) is 11.5. The zero-order valence-electron chi connectivity index (χ0n) is 11.5. The van der Waals surface area contributed by atoms with Crippen molar-refractivity contribution in [3.8, 4) is 22.5 Å². The highest BCUT2D eigenvalue weighted by molar-refractivity contribution is 5.96. The highest BCUT2D eigenvalue weighted by Gasteiger charge is 2.23. The molecular formula is C16H9F3N2O2. The molecule has 0 unspecified atom stereocenters. The lowest BCUT2D eigenvalue weighted by atomic mass is 10.0. The third-order valence-corrected chi connectivity index (χ3v) is 3.32. The van der Waals surface area contributed by atoms with Crippen LogP contribution in [0.3, 0.4) is 0 Å². The van der Waals surface area contributed by atoms with Gasteiger partial charge in [-0.1, -0.05) is 6.07 Å². The number of aromatic carboxylic acids is 1. The number of aromatic amines is 1. The van der Waals surface area contributed by atoms with Gasteiger partial charge < -0.3 is 5.11 Å². The highest BCUT2D eigenvalue weighted by Crippen LogP contribution is 2.32. The molecule has 1 heterocycles. The van der Waals surface area contributed by atoms with Crippen LogP contribution in [0.15, 0.2) is 42.5 Å². The second-order valence-electron chi connectivity index (χ2n) is 4.74. The smallest absolute Gasteiger partial charge is 0.336 e. The van der Waals surface area contributed by atoms with Gasteiger partial charge in [0.05, 0.1) is 11.1 Å². The van der Waals surface area contributed by atoms with Gasteiger partial charge in [-0.2, -0.15) is 5.10 Å². The van der Waals surface area contributed by atoms with E-state index in [0.717, 1.165) is 18.2 Å². The maximum absolute atomic E-state index is 14.6. The van der Waals surface area contributed by atoms with Crippen LogP contribution in [0.25, 0.3) is 22.5 Å². The van der Waals surface area contributed by atoms with Crippen LogP contribution < -0.4 is 0 Å². The highest BCUT2D eigenvalue weighted by atomic mass is 19.1. The van der Waals surface area contributed by atoms with Crippen LogP contribution in [-0.4, -0.2) is 21.3 Å². The third-order valence-electron chi connectivity index (χ3n) is 3.32. The molecule has 0 atom stereocenters. The van der Waals surface area contributed by atoms with Crippen molar-refractivity contribution in [1.29, 1.82) is 0 Å². The SMILES string of the molecule is O=C(O)c1cccc(F)c1-c1[nH]nc(-c2ccc(F)cc2)c1F.